The van der Waals surface area contributed by atoms with E-state index < -0.39 is 0 Å². The average Bonchev–Trinajstić information content (AvgIpc) is 1.99. The fourth-order valence-electron chi connectivity index (χ4n) is 0.762. The zero-order valence-corrected chi connectivity index (χ0v) is 6.76. The monoisotopic (exact) mass is 141 g/mol. The van der Waals surface area contributed by atoms with Gasteiger partial charge in [-0.15, -0.1) is 0 Å². The molecule has 0 unspecified atom stereocenters. The van der Waals surface area contributed by atoms with Crippen LogP contribution in [0.1, 0.15) is 26.7 Å². The fourth-order valence-corrected chi connectivity index (χ4v) is 0.762. The summed E-state index contributed by atoms with van der Waals surface area (Å²) in [5.41, 5.74) is 0. The van der Waals surface area contributed by atoms with E-state index in [4.69, 9.17) is 0 Å². The standard InChI is InChI=1S/C8H15NO/c1-4-7-9(6-3)8(10)5-2/h6H,3-5,7H2,1-2H3. The van der Waals surface area contributed by atoms with E-state index in [1.54, 1.807) is 11.1 Å². The van der Waals surface area contributed by atoms with Crippen LogP contribution in [0.25, 0.3) is 0 Å². The second-order valence-corrected chi connectivity index (χ2v) is 2.12. The highest BCUT2D eigenvalue weighted by Gasteiger charge is 2.04. The van der Waals surface area contributed by atoms with Gasteiger partial charge in [0, 0.05) is 13.0 Å². The number of amides is 1. The topological polar surface area (TPSA) is 20.3 Å². The maximum atomic E-state index is 11.0. The molecule has 0 saturated heterocycles. The summed E-state index contributed by atoms with van der Waals surface area (Å²) in [6.07, 6.45) is 3.14. The highest BCUT2D eigenvalue weighted by atomic mass is 16.2. The first-order valence-corrected chi connectivity index (χ1v) is 3.68. The maximum Gasteiger partial charge on any atom is 0.226 e. The van der Waals surface area contributed by atoms with Crippen molar-refractivity contribution in [3.8, 4) is 0 Å². The summed E-state index contributed by atoms with van der Waals surface area (Å²) in [6, 6.07) is 0. The molecule has 58 valence electrons. The van der Waals surface area contributed by atoms with Crippen molar-refractivity contribution in [1.29, 1.82) is 0 Å². The molecule has 0 aliphatic heterocycles. The largest absolute Gasteiger partial charge is 0.320 e. The van der Waals surface area contributed by atoms with Crippen LogP contribution in [0, 0.1) is 0 Å². The van der Waals surface area contributed by atoms with Crippen molar-refractivity contribution in [1.82, 2.24) is 4.90 Å². The molecule has 0 spiro atoms. The van der Waals surface area contributed by atoms with Gasteiger partial charge in [-0.1, -0.05) is 20.4 Å². The van der Waals surface area contributed by atoms with Crippen molar-refractivity contribution in [2.75, 3.05) is 6.54 Å². The molecule has 1 amide bonds. The highest BCUT2D eigenvalue weighted by molar-refractivity contribution is 5.76. The molecular weight excluding hydrogens is 126 g/mol. The summed E-state index contributed by atoms with van der Waals surface area (Å²) in [6.45, 7) is 8.24. The Balaban J connectivity index is 3.80. The molecule has 0 aromatic rings. The molecule has 0 heterocycles. The minimum Gasteiger partial charge on any atom is -0.320 e. The molecule has 0 atom stereocenters. The predicted molar refractivity (Wildman–Crippen MR) is 42.5 cm³/mol. The first-order chi connectivity index (χ1) is 4.76. The molecule has 0 N–H and O–H groups in total. The normalized spacial score (nSPS) is 9.00. The van der Waals surface area contributed by atoms with Crippen LogP contribution in [0.3, 0.4) is 0 Å². The van der Waals surface area contributed by atoms with Crippen molar-refractivity contribution in [3.63, 3.8) is 0 Å². The molecule has 0 bridgehead atoms. The maximum absolute atomic E-state index is 11.0. The van der Waals surface area contributed by atoms with Crippen LogP contribution < -0.4 is 0 Å². The van der Waals surface area contributed by atoms with E-state index in [0.717, 1.165) is 13.0 Å². The molecule has 0 rings (SSSR count). The summed E-state index contributed by atoms with van der Waals surface area (Å²) in [5, 5.41) is 0. The van der Waals surface area contributed by atoms with Crippen molar-refractivity contribution in [3.05, 3.63) is 12.8 Å². The van der Waals surface area contributed by atoms with Gasteiger partial charge in [0.2, 0.25) is 5.91 Å². The summed E-state index contributed by atoms with van der Waals surface area (Å²) in [4.78, 5) is 12.6. The molecule has 0 saturated carbocycles. The van der Waals surface area contributed by atoms with Crippen LogP contribution in [-0.4, -0.2) is 17.4 Å². The number of rotatable bonds is 4. The first kappa shape index (κ1) is 9.21. The van der Waals surface area contributed by atoms with Crippen LogP contribution in [0.5, 0.6) is 0 Å². The van der Waals surface area contributed by atoms with E-state index in [9.17, 15) is 4.79 Å². The lowest BCUT2D eigenvalue weighted by Gasteiger charge is -2.15. The summed E-state index contributed by atoms with van der Waals surface area (Å²) < 4.78 is 0. The highest BCUT2D eigenvalue weighted by Crippen LogP contribution is 1.95. The van der Waals surface area contributed by atoms with Crippen LogP contribution in [0.15, 0.2) is 12.8 Å². The van der Waals surface area contributed by atoms with Gasteiger partial charge in [-0.25, -0.2) is 0 Å². The Morgan fingerprint density at radius 3 is 2.50 bits per heavy atom. The van der Waals surface area contributed by atoms with E-state index in [0.29, 0.717) is 6.42 Å². The number of hydrogen-bond acceptors (Lipinski definition) is 1. The second kappa shape index (κ2) is 5.03. The van der Waals surface area contributed by atoms with Crippen LogP contribution in [0.4, 0.5) is 0 Å². The number of carbonyl (C=O) groups excluding carboxylic acids is 1. The van der Waals surface area contributed by atoms with Gasteiger partial charge in [-0.3, -0.25) is 4.79 Å². The van der Waals surface area contributed by atoms with Crippen molar-refractivity contribution in [2.45, 2.75) is 26.7 Å². The van der Waals surface area contributed by atoms with E-state index in [2.05, 4.69) is 6.58 Å². The van der Waals surface area contributed by atoms with Gasteiger partial charge in [-0.2, -0.15) is 0 Å². The van der Waals surface area contributed by atoms with Gasteiger partial charge >= 0.3 is 0 Å². The lowest BCUT2D eigenvalue weighted by molar-refractivity contribution is -0.128. The predicted octanol–water partition coefficient (Wildman–Crippen LogP) is 1.78. The Kier molecular flexibility index (Phi) is 4.63. The molecule has 10 heavy (non-hydrogen) atoms. The summed E-state index contributed by atoms with van der Waals surface area (Å²) in [7, 11) is 0. The van der Waals surface area contributed by atoms with Gasteiger partial charge in [0.1, 0.15) is 0 Å². The molecule has 0 fully saturated rings. The number of nitrogens with zero attached hydrogens (tertiary/aromatic N) is 1. The Labute approximate surface area is 62.5 Å². The molecule has 0 aliphatic rings. The summed E-state index contributed by atoms with van der Waals surface area (Å²) >= 11 is 0. The van der Waals surface area contributed by atoms with Crippen LogP contribution in [-0.2, 0) is 4.79 Å². The van der Waals surface area contributed by atoms with Gasteiger partial charge in [0.15, 0.2) is 0 Å². The minimum absolute atomic E-state index is 0.150. The van der Waals surface area contributed by atoms with Gasteiger partial charge in [0.05, 0.1) is 0 Å². The van der Waals surface area contributed by atoms with Gasteiger partial charge < -0.3 is 4.90 Å². The SMILES string of the molecule is C=CN(CCC)C(=O)CC. The third-order valence-corrected chi connectivity index (χ3v) is 1.31. The van der Waals surface area contributed by atoms with E-state index >= 15 is 0 Å². The van der Waals surface area contributed by atoms with Gasteiger partial charge in [0.25, 0.3) is 0 Å². The summed E-state index contributed by atoms with van der Waals surface area (Å²) in [5.74, 6) is 0.150. The average molecular weight is 141 g/mol. The quantitative estimate of drug-likeness (QED) is 0.584. The van der Waals surface area contributed by atoms with Gasteiger partial charge in [-0.05, 0) is 12.6 Å². The Morgan fingerprint density at radius 2 is 2.20 bits per heavy atom. The number of hydrogen-bond donors (Lipinski definition) is 0. The van der Waals surface area contributed by atoms with Crippen LogP contribution in [0.2, 0.25) is 0 Å². The zero-order chi connectivity index (χ0) is 7.98. The van der Waals surface area contributed by atoms with Crippen molar-refractivity contribution < 1.29 is 4.79 Å². The molecular formula is C8H15NO. The second-order valence-electron chi connectivity index (χ2n) is 2.12. The Bertz CT molecular complexity index is 120. The van der Waals surface area contributed by atoms with E-state index in [-0.39, 0.29) is 5.91 Å². The fraction of sp³-hybridized carbons (Fsp3) is 0.625. The number of carbonyl (C=O) groups is 1. The molecule has 0 aliphatic carbocycles. The van der Waals surface area contributed by atoms with Crippen LogP contribution >= 0.6 is 0 Å². The van der Waals surface area contributed by atoms with Crippen molar-refractivity contribution >= 4 is 5.91 Å². The van der Waals surface area contributed by atoms with E-state index in [1.165, 1.54) is 0 Å². The Morgan fingerprint density at radius 1 is 1.60 bits per heavy atom. The third kappa shape index (κ3) is 2.67. The molecule has 2 nitrogen and oxygen atoms in total. The lowest BCUT2D eigenvalue weighted by atomic mass is 10.3. The van der Waals surface area contributed by atoms with E-state index in [1.807, 2.05) is 13.8 Å². The third-order valence-electron chi connectivity index (χ3n) is 1.31. The van der Waals surface area contributed by atoms with Crippen molar-refractivity contribution in [2.24, 2.45) is 0 Å². The molecule has 0 aromatic heterocycles. The smallest absolute Gasteiger partial charge is 0.226 e. The molecule has 2 heteroatoms. The Hall–Kier alpha value is -0.790. The first-order valence-electron chi connectivity index (χ1n) is 3.68. The minimum atomic E-state index is 0.150. The molecule has 0 radical (unpaired) electrons. The lowest BCUT2D eigenvalue weighted by Crippen LogP contribution is -2.24. The zero-order valence-electron chi connectivity index (χ0n) is 6.76. The molecule has 0 aromatic carbocycles.